The van der Waals surface area contributed by atoms with E-state index in [4.69, 9.17) is 4.74 Å². The van der Waals surface area contributed by atoms with Gasteiger partial charge in [0.2, 0.25) is 11.8 Å². The molecule has 0 aromatic heterocycles. The molecule has 9 nitrogen and oxygen atoms in total. The average molecular weight is 628 g/mol. The van der Waals surface area contributed by atoms with Crippen molar-refractivity contribution in [1.29, 1.82) is 0 Å². The van der Waals surface area contributed by atoms with E-state index >= 15 is 0 Å². The molecular formula is C28H32F3N3O6S2. The normalized spacial score (nSPS) is 21.1. The van der Waals surface area contributed by atoms with Crippen LogP contribution in [0.4, 0.5) is 24.5 Å². The maximum absolute atomic E-state index is 14.2. The summed E-state index contributed by atoms with van der Waals surface area (Å²) in [4.78, 5) is 31.5. The van der Waals surface area contributed by atoms with Crippen molar-refractivity contribution in [1.82, 2.24) is 5.32 Å². The Morgan fingerprint density at radius 2 is 1.95 bits per heavy atom. The number of carbonyl (C=O) groups excluding carboxylic acids is 2. The molecule has 42 heavy (non-hydrogen) atoms. The number of nitrogens with one attached hydrogen (secondary N) is 1. The molecule has 2 amide bonds. The number of amides is 2. The Balaban J connectivity index is 1.42. The predicted molar refractivity (Wildman–Crippen MR) is 152 cm³/mol. The standard InChI is InChI=1S/C28H32F3N3O6S2/c1-39-13-3-12-33-24-15-20(8-9-25(24)41-17-26(33)35)34(19-6-7-19)27(36)23-16-32-11-10-22(23)18-4-2-5-21(14-18)40-42(37,38)28(29,30)31/h2,4-5,8-9,14-15,19,22-23,32H,3,6-7,10-13,16-17H2,1H3/t22-,23+/m1/s1. The minimum Gasteiger partial charge on any atom is -0.385 e. The smallest absolute Gasteiger partial charge is 0.385 e. The summed E-state index contributed by atoms with van der Waals surface area (Å²) < 4.78 is 71.4. The zero-order valence-electron chi connectivity index (χ0n) is 22.9. The molecular weight excluding hydrogens is 595 g/mol. The number of benzene rings is 2. The van der Waals surface area contributed by atoms with Crippen LogP contribution in [0.2, 0.25) is 0 Å². The molecule has 2 atom stereocenters. The Morgan fingerprint density at radius 1 is 1.17 bits per heavy atom. The van der Waals surface area contributed by atoms with Crippen LogP contribution in [-0.2, 0) is 24.4 Å². The summed E-state index contributed by atoms with van der Waals surface area (Å²) in [5.41, 5.74) is -3.58. The van der Waals surface area contributed by atoms with Crippen LogP contribution in [0, 0.1) is 5.92 Å². The lowest BCUT2D eigenvalue weighted by Crippen LogP contribution is -2.47. The number of hydrogen-bond donors (Lipinski definition) is 1. The quantitative estimate of drug-likeness (QED) is 0.237. The average Bonchev–Trinajstić information content (AvgIpc) is 3.79. The molecule has 3 aliphatic rings. The lowest BCUT2D eigenvalue weighted by Gasteiger charge is -2.36. The number of piperidine rings is 1. The first-order valence-corrected chi connectivity index (χ1v) is 16.1. The van der Waals surface area contributed by atoms with Crippen molar-refractivity contribution in [2.24, 2.45) is 5.92 Å². The van der Waals surface area contributed by atoms with Gasteiger partial charge in [0.05, 0.1) is 17.4 Å². The van der Waals surface area contributed by atoms with Crippen LogP contribution in [0.15, 0.2) is 47.4 Å². The molecule has 0 spiro atoms. The Hall–Kier alpha value is -2.81. The van der Waals surface area contributed by atoms with Crippen LogP contribution in [0.3, 0.4) is 0 Å². The first kappa shape index (κ1) is 30.6. The van der Waals surface area contributed by atoms with Gasteiger partial charge in [-0.3, -0.25) is 9.59 Å². The van der Waals surface area contributed by atoms with E-state index in [0.717, 1.165) is 29.5 Å². The number of nitrogens with zero attached hydrogens (tertiary/aromatic N) is 2. The number of carbonyl (C=O) groups is 2. The monoisotopic (exact) mass is 627 g/mol. The van der Waals surface area contributed by atoms with Crippen LogP contribution in [0.5, 0.6) is 5.75 Å². The van der Waals surface area contributed by atoms with Crippen LogP contribution in [0.25, 0.3) is 0 Å². The van der Waals surface area contributed by atoms with Crippen LogP contribution < -0.4 is 19.3 Å². The maximum atomic E-state index is 14.2. The van der Waals surface area contributed by atoms with Crippen molar-refractivity contribution < 1.29 is 40.1 Å². The van der Waals surface area contributed by atoms with E-state index < -0.39 is 27.3 Å². The van der Waals surface area contributed by atoms with Crippen molar-refractivity contribution in [3.8, 4) is 5.75 Å². The minimum absolute atomic E-state index is 0.00129. The molecule has 1 saturated heterocycles. The van der Waals surface area contributed by atoms with Gasteiger partial charge in [-0.05, 0) is 74.0 Å². The van der Waals surface area contributed by atoms with E-state index in [1.807, 2.05) is 18.2 Å². The summed E-state index contributed by atoms with van der Waals surface area (Å²) in [6.45, 7) is 1.95. The molecule has 0 bridgehead atoms. The largest absolute Gasteiger partial charge is 0.534 e. The number of anilines is 2. The van der Waals surface area contributed by atoms with Gasteiger partial charge < -0.3 is 24.0 Å². The Kier molecular flexibility index (Phi) is 9.07. The molecule has 0 radical (unpaired) electrons. The van der Waals surface area contributed by atoms with Gasteiger partial charge in [-0.1, -0.05) is 12.1 Å². The highest BCUT2D eigenvalue weighted by molar-refractivity contribution is 8.00. The van der Waals surface area contributed by atoms with Gasteiger partial charge in [0, 0.05) is 43.4 Å². The molecule has 1 N–H and O–H groups in total. The summed E-state index contributed by atoms with van der Waals surface area (Å²) in [6, 6.07) is 11.2. The van der Waals surface area contributed by atoms with Crippen molar-refractivity contribution in [2.45, 2.75) is 48.0 Å². The van der Waals surface area contributed by atoms with Gasteiger partial charge in [0.1, 0.15) is 5.75 Å². The fourth-order valence-electron chi connectivity index (χ4n) is 5.47. The van der Waals surface area contributed by atoms with E-state index in [1.54, 1.807) is 23.0 Å². The van der Waals surface area contributed by atoms with Crippen molar-refractivity contribution in [2.75, 3.05) is 48.9 Å². The van der Waals surface area contributed by atoms with Crippen molar-refractivity contribution in [3.63, 3.8) is 0 Å². The third-order valence-electron chi connectivity index (χ3n) is 7.62. The van der Waals surface area contributed by atoms with E-state index in [1.165, 1.54) is 23.9 Å². The summed E-state index contributed by atoms with van der Waals surface area (Å²) in [7, 11) is -4.22. The van der Waals surface area contributed by atoms with E-state index in [9.17, 15) is 31.2 Å². The number of methoxy groups -OCH3 is 1. The molecule has 2 fully saturated rings. The first-order valence-electron chi connectivity index (χ1n) is 13.7. The molecule has 2 aromatic rings. The highest BCUT2D eigenvalue weighted by Crippen LogP contribution is 2.43. The number of halogens is 3. The Bertz CT molecular complexity index is 1430. The predicted octanol–water partition coefficient (Wildman–Crippen LogP) is 4.28. The molecule has 1 aliphatic carbocycles. The topological polar surface area (TPSA) is 105 Å². The van der Waals surface area contributed by atoms with Gasteiger partial charge in [0.25, 0.3) is 0 Å². The van der Waals surface area contributed by atoms with Crippen molar-refractivity contribution in [3.05, 3.63) is 48.0 Å². The lowest BCUT2D eigenvalue weighted by molar-refractivity contribution is -0.123. The summed E-state index contributed by atoms with van der Waals surface area (Å²) >= 11 is 1.46. The van der Waals surface area contributed by atoms with Crippen LogP contribution in [0.1, 0.15) is 37.2 Å². The van der Waals surface area contributed by atoms with Gasteiger partial charge in [-0.25, -0.2) is 0 Å². The molecule has 0 unspecified atom stereocenters. The highest BCUT2D eigenvalue weighted by atomic mass is 32.2. The third-order valence-corrected chi connectivity index (χ3v) is 9.64. The molecule has 5 rings (SSSR count). The molecule has 1 saturated carbocycles. The fraction of sp³-hybridized carbons (Fsp3) is 0.500. The lowest BCUT2D eigenvalue weighted by atomic mass is 9.80. The van der Waals surface area contributed by atoms with Crippen LogP contribution in [-0.4, -0.2) is 70.9 Å². The fourth-order valence-corrected chi connectivity index (χ4v) is 6.84. The van der Waals surface area contributed by atoms with Gasteiger partial charge >= 0.3 is 15.6 Å². The van der Waals surface area contributed by atoms with E-state index in [0.29, 0.717) is 56.1 Å². The van der Waals surface area contributed by atoms with Gasteiger partial charge in [-0.15, -0.1) is 11.8 Å². The second-order valence-electron chi connectivity index (χ2n) is 10.5. The molecule has 2 aromatic carbocycles. The molecule has 2 aliphatic heterocycles. The van der Waals surface area contributed by atoms with Gasteiger partial charge in [0.15, 0.2) is 0 Å². The number of ether oxygens (including phenoxy) is 1. The molecule has 228 valence electrons. The second-order valence-corrected chi connectivity index (χ2v) is 13.1. The first-order chi connectivity index (χ1) is 20.0. The van der Waals surface area contributed by atoms with Crippen LogP contribution >= 0.6 is 11.8 Å². The number of fused-ring (bicyclic) bond motifs is 1. The number of hydrogen-bond acceptors (Lipinski definition) is 8. The van der Waals surface area contributed by atoms with E-state index in [2.05, 4.69) is 9.50 Å². The Labute approximate surface area is 246 Å². The maximum Gasteiger partial charge on any atom is 0.534 e. The number of thioether (sulfide) groups is 1. The summed E-state index contributed by atoms with van der Waals surface area (Å²) in [5, 5.41) is 3.25. The third kappa shape index (κ3) is 6.56. The highest BCUT2D eigenvalue weighted by Gasteiger charge is 2.49. The minimum atomic E-state index is -5.83. The zero-order chi connectivity index (χ0) is 30.1. The number of alkyl halides is 3. The van der Waals surface area contributed by atoms with Gasteiger partial charge in [-0.2, -0.15) is 21.6 Å². The second kappa shape index (κ2) is 12.4. The summed E-state index contributed by atoms with van der Waals surface area (Å²) in [6.07, 6.45) is 2.85. The molecule has 2 heterocycles. The number of rotatable bonds is 10. The zero-order valence-corrected chi connectivity index (χ0v) is 24.6. The van der Waals surface area contributed by atoms with Crippen molar-refractivity contribution >= 4 is 45.1 Å². The summed E-state index contributed by atoms with van der Waals surface area (Å²) in [5.74, 6) is -1.19. The Morgan fingerprint density at radius 3 is 2.67 bits per heavy atom. The molecule has 14 heteroatoms. The van der Waals surface area contributed by atoms with E-state index in [-0.39, 0.29) is 23.8 Å². The SMILES string of the molecule is COCCCN1C(=O)CSc2ccc(N(C(=O)[C@H]3CNCC[C@@H]3c3cccc(OS(=O)(=O)C(F)(F)F)c3)C3CC3)cc21.